The molecule has 3 N–H and O–H groups in total. The number of pyridine rings is 1. The van der Waals surface area contributed by atoms with Crippen molar-refractivity contribution in [2.24, 2.45) is 5.73 Å². The van der Waals surface area contributed by atoms with E-state index in [-0.39, 0.29) is 5.84 Å². The lowest BCUT2D eigenvalue weighted by Crippen LogP contribution is -2.13. The number of nitrogens with zero attached hydrogens (tertiary/aromatic N) is 3. The van der Waals surface area contributed by atoms with Gasteiger partial charge in [0.1, 0.15) is 16.6 Å². The summed E-state index contributed by atoms with van der Waals surface area (Å²) in [5.74, 6) is -0.0960. The van der Waals surface area contributed by atoms with Gasteiger partial charge in [0.05, 0.1) is 5.02 Å². The predicted molar refractivity (Wildman–Crippen MR) is 66.4 cm³/mol. The van der Waals surface area contributed by atoms with E-state index >= 15 is 0 Å². The van der Waals surface area contributed by atoms with Gasteiger partial charge in [-0.1, -0.05) is 11.6 Å². The van der Waals surface area contributed by atoms with E-state index in [1.54, 1.807) is 30.6 Å². The van der Waals surface area contributed by atoms with Crippen molar-refractivity contribution in [3.63, 3.8) is 0 Å². The summed E-state index contributed by atoms with van der Waals surface area (Å²) in [6.07, 6.45) is 3.19. The molecule has 2 aromatic rings. The Morgan fingerprint density at radius 3 is 2.82 bits per heavy atom. The molecule has 0 aromatic carbocycles. The van der Waals surface area contributed by atoms with Gasteiger partial charge in [-0.05, 0) is 30.0 Å². The van der Waals surface area contributed by atoms with Gasteiger partial charge in [-0.3, -0.25) is 5.41 Å². The van der Waals surface area contributed by atoms with Crippen LogP contribution in [-0.2, 0) is 0 Å². The number of hydrogen-bond donors (Lipinski definition) is 2. The molecule has 0 aliphatic carbocycles. The summed E-state index contributed by atoms with van der Waals surface area (Å²) in [6, 6.07) is 5.07. The number of aromatic nitrogens is 3. The van der Waals surface area contributed by atoms with E-state index in [1.807, 2.05) is 0 Å². The number of nitrogen functional groups attached to an aromatic ring is 1. The van der Waals surface area contributed by atoms with Gasteiger partial charge < -0.3 is 5.73 Å². The maximum Gasteiger partial charge on any atom is 0.194 e. The molecule has 7 heteroatoms. The molecule has 0 radical (unpaired) electrons. The van der Waals surface area contributed by atoms with E-state index in [1.165, 1.54) is 11.8 Å². The molecule has 0 aliphatic rings. The second kappa shape index (κ2) is 5.11. The highest BCUT2D eigenvalue weighted by molar-refractivity contribution is 7.99. The molecule has 0 saturated carbocycles. The van der Waals surface area contributed by atoms with Crippen LogP contribution in [0.1, 0.15) is 5.69 Å². The highest BCUT2D eigenvalue weighted by atomic mass is 35.5. The van der Waals surface area contributed by atoms with Crippen LogP contribution in [0.5, 0.6) is 0 Å². The molecule has 5 nitrogen and oxygen atoms in total. The lowest BCUT2D eigenvalue weighted by atomic mass is 10.4. The third-order valence-corrected chi connectivity index (χ3v) is 3.14. The third-order valence-electron chi connectivity index (χ3n) is 1.82. The lowest BCUT2D eigenvalue weighted by molar-refractivity contribution is 0.948. The van der Waals surface area contributed by atoms with Crippen molar-refractivity contribution in [3.05, 3.63) is 41.3 Å². The molecule has 0 aliphatic heterocycles. The summed E-state index contributed by atoms with van der Waals surface area (Å²) in [5, 5.41) is 8.90. The van der Waals surface area contributed by atoms with Gasteiger partial charge in [0.2, 0.25) is 0 Å². The Hall–Kier alpha value is -1.66. The number of nitrogens with two attached hydrogens (primary N) is 1. The molecule has 0 amide bonds. The van der Waals surface area contributed by atoms with Crippen LogP contribution in [0.2, 0.25) is 5.02 Å². The fourth-order valence-electron chi connectivity index (χ4n) is 1.07. The van der Waals surface area contributed by atoms with Crippen LogP contribution in [0.25, 0.3) is 0 Å². The van der Waals surface area contributed by atoms with Gasteiger partial charge in [-0.15, -0.1) is 0 Å². The van der Waals surface area contributed by atoms with Crippen molar-refractivity contribution in [2.75, 3.05) is 0 Å². The van der Waals surface area contributed by atoms with E-state index in [4.69, 9.17) is 22.7 Å². The number of amidine groups is 1. The maximum atomic E-state index is 7.29. The molecule has 0 spiro atoms. The van der Waals surface area contributed by atoms with Gasteiger partial charge >= 0.3 is 0 Å². The third kappa shape index (κ3) is 2.92. The second-order valence-electron chi connectivity index (χ2n) is 3.03. The summed E-state index contributed by atoms with van der Waals surface area (Å²) < 4.78 is 0. The largest absolute Gasteiger partial charge is 0.382 e. The topological polar surface area (TPSA) is 88.5 Å². The number of hydrogen-bond acceptors (Lipinski definition) is 5. The van der Waals surface area contributed by atoms with E-state index in [0.717, 1.165) is 0 Å². The van der Waals surface area contributed by atoms with Crippen molar-refractivity contribution in [1.29, 1.82) is 5.41 Å². The summed E-state index contributed by atoms with van der Waals surface area (Å²) >= 11 is 7.20. The standard InChI is InChI=1S/C10H8ClN5S/c11-6-2-1-4-14-9(6)17-10-15-5-3-7(16-10)8(12)13/h1-5H,(H3,12,13). The van der Waals surface area contributed by atoms with Crippen LogP contribution >= 0.6 is 23.4 Å². The van der Waals surface area contributed by atoms with Crippen LogP contribution in [0, 0.1) is 5.41 Å². The number of halogens is 1. The van der Waals surface area contributed by atoms with Crippen molar-refractivity contribution in [2.45, 2.75) is 10.2 Å². The normalized spacial score (nSPS) is 10.2. The number of nitrogens with one attached hydrogen (secondary N) is 1. The lowest BCUT2D eigenvalue weighted by Gasteiger charge is -2.02. The summed E-state index contributed by atoms with van der Waals surface area (Å²) in [5.41, 5.74) is 5.73. The summed E-state index contributed by atoms with van der Waals surface area (Å²) in [6.45, 7) is 0. The SMILES string of the molecule is N=C(N)c1ccnc(Sc2ncccc2Cl)n1. The highest BCUT2D eigenvalue weighted by Gasteiger charge is 2.07. The number of rotatable bonds is 3. The first kappa shape index (κ1) is 11.8. The van der Waals surface area contributed by atoms with Crippen molar-refractivity contribution < 1.29 is 0 Å². The monoisotopic (exact) mass is 265 g/mol. The molecule has 2 aromatic heterocycles. The zero-order chi connectivity index (χ0) is 12.3. The van der Waals surface area contributed by atoms with Crippen molar-refractivity contribution in [3.8, 4) is 0 Å². The molecule has 0 atom stereocenters. The molecule has 0 fully saturated rings. The fourth-order valence-corrected chi connectivity index (χ4v) is 2.02. The zero-order valence-electron chi connectivity index (χ0n) is 8.59. The average Bonchev–Trinajstić information content (AvgIpc) is 2.32. The molecule has 17 heavy (non-hydrogen) atoms. The molecule has 0 saturated heterocycles. The minimum absolute atomic E-state index is 0.0960. The Balaban J connectivity index is 2.28. The first-order chi connectivity index (χ1) is 8.16. The molecule has 86 valence electrons. The first-order valence-electron chi connectivity index (χ1n) is 4.62. The van der Waals surface area contributed by atoms with Gasteiger partial charge in [-0.2, -0.15) is 0 Å². The van der Waals surface area contributed by atoms with Gasteiger partial charge in [-0.25, -0.2) is 15.0 Å². The minimum Gasteiger partial charge on any atom is -0.382 e. The average molecular weight is 266 g/mol. The van der Waals surface area contributed by atoms with Gasteiger partial charge in [0.15, 0.2) is 5.16 Å². The highest BCUT2D eigenvalue weighted by Crippen LogP contribution is 2.28. The van der Waals surface area contributed by atoms with Crippen molar-refractivity contribution >= 4 is 29.2 Å². The van der Waals surface area contributed by atoms with Crippen LogP contribution in [-0.4, -0.2) is 20.8 Å². The molecular formula is C10H8ClN5S. The molecule has 2 rings (SSSR count). The van der Waals surface area contributed by atoms with E-state index in [2.05, 4.69) is 15.0 Å². The second-order valence-corrected chi connectivity index (χ2v) is 4.39. The molecule has 2 heterocycles. The van der Waals surface area contributed by atoms with E-state index < -0.39 is 0 Å². The Bertz CT molecular complexity index is 560. The summed E-state index contributed by atoms with van der Waals surface area (Å²) in [4.78, 5) is 12.3. The van der Waals surface area contributed by atoms with Crippen LogP contribution in [0.4, 0.5) is 0 Å². The first-order valence-corrected chi connectivity index (χ1v) is 5.82. The quantitative estimate of drug-likeness (QED) is 0.503. The molecule has 0 unspecified atom stereocenters. The zero-order valence-corrected chi connectivity index (χ0v) is 10.2. The maximum absolute atomic E-state index is 7.29. The fraction of sp³-hybridized carbons (Fsp3) is 0. The molecule has 0 bridgehead atoms. The van der Waals surface area contributed by atoms with Crippen LogP contribution in [0.15, 0.2) is 40.8 Å². The van der Waals surface area contributed by atoms with Crippen molar-refractivity contribution in [1.82, 2.24) is 15.0 Å². The van der Waals surface area contributed by atoms with E-state index in [9.17, 15) is 0 Å². The smallest absolute Gasteiger partial charge is 0.194 e. The van der Waals surface area contributed by atoms with Gasteiger partial charge in [0, 0.05) is 12.4 Å². The Labute approximate surface area is 107 Å². The van der Waals surface area contributed by atoms with Crippen LogP contribution < -0.4 is 5.73 Å². The molecular weight excluding hydrogens is 258 g/mol. The summed E-state index contributed by atoms with van der Waals surface area (Å²) in [7, 11) is 0. The predicted octanol–water partition coefficient (Wildman–Crippen LogP) is 1.96. The Morgan fingerprint density at radius 1 is 1.29 bits per heavy atom. The Kier molecular flexibility index (Phi) is 3.55. The van der Waals surface area contributed by atoms with Gasteiger partial charge in [0.25, 0.3) is 0 Å². The minimum atomic E-state index is -0.0960. The van der Waals surface area contributed by atoms with Crippen LogP contribution in [0.3, 0.4) is 0 Å². The van der Waals surface area contributed by atoms with E-state index in [0.29, 0.717) is 20.9 Å². The Morgan fingerprint density at radius 2 is 2.12 bits per heavy atom.